The van der Waals surface area contributed by atoms with Crippen LogP contribution in [0.1, 0.15) is 12.5 Å². The summed E-state index contributed by atoms with van der Waals surface area (Å²) >= 11 is 10.9. The molecule has 0 saturated carbocycles. The van der Waals surface area contributed by atoms with E-state index in [1.165, 1.54) is 6.92 Å². The number of aromatic nitrogens is 1. The summed E-state index contributed by atoms with van der Waals surface area (Å²) in [7, 11) is 0. The summed E-state index contributed by atoms with van der Waals surface area (Å²) < 4.78 is 31.2. The standard InChI is InChI=1S/C9H7Cl2F2NO2/c1-2-16-8(15)9(12,13)5-3-6(10)14-7(11)4-5/h3-4H,2H2,1H3. The van der Waals surface area contributed by atoms with Gasteiger partial charge in [0.25, 0.3) is 0 Å². The smallest absolute Gasteiger partial charge is 0.381 e. The first-order valence-corrected chi connectivity index (χ1v) is 5.02. The van der Waals surface area contributed by atoms with E-state index in [0.29, 0.717) is 0 Å². The summed E-state index contributed by atoms with van der Waals surface area (Å²) in [6.07, 6.45) is 0. The van der Waals surface area contributed by atoms with E-state index < -0.39 is 17.5 Å². The van der Waals surface area contributed by atoms with Crippen LogP contribution in [0, 0.1) is 0 Å². The highest BCUT2D eigenvalue weighted by atomic mass is 35.5. The maximum atomic E-state index is 13.5. The van der Waals surface area contributed by atoms with E-state index in [-0.39, 0.29) is 16.9 Å². The Bertz CT molecular complexity index is 392. The largest absolute Gasteiger partial charge is 0.461 e. The van der Waals surface area contributed by atoms with Crippen molar-refractivity contribution in [3.8, 4) is 0 Å². The Balaban J connectivity index is 3.10. The minimum absolute atomic E-state index is 0.138. The molecule has 1 aromatic rings. The van der Waals surface area contributed by atoms with Crippen LogP contribution < -0.4 is 0 Å². The second kappa shape index (κ2) is 4.93. The summed E-state index contributed by atoms with van der Waals surface area (Å²) in [6.45, 7) is 1.29. The zero-order chi connectivity index (χ0) is 12.3. The quantitative estimate of drug-likeness (QED) is 0.626. The van der Waals surface area contributed by atoms with Gasteiger partial charge in [-0.3, -0.25) is 0 Å². The Morgan fingerprint density at radius 3 is 2.38 bits per heavy atom. The molecule has 1 aromatic heterocycles. The lowest BCUT2D eigenvalue weighted by Gasteiger charge is -2.14. The van der Waals surface area contributed by atoms with E-state index in [1.54, 1.807) is 0 Å². The molecule has 16 heavy (non-hydrogen) atoms. The number of esters is 1. The molecule has 1 heterocycles. The van der Waals surface area contributed by atoms with E-state index in [9.17, 15) is 13.6 Å². The molecule has 1 rings (SSSR count). The third kappa shape index (κ3) is 2.80. The second-order valence-corrected chi connectivity index (χ2v) is 3.57. The van der Waals surface area contributed by atoms with Gasteiger partial charge < -0.3 is 4.74 Å². The third-order valence-electron chi connectivity index (χ3n) is 1.66. The van der Waals surface area contributed by atoms with Crippen molar-refractivity contribution in [1.82, 2.24) is 4.98 Å². The molecule has 0 bridgehead atoms. The lowest BCUT2D eigenvalue weighted by Crippen LogP contribution is -2.28. The van der Waals surface area contributed by atoms with Crippen molar-refractivity contribution < 1.29 is 18.3 Å². The number of carbonyl (C=O) groups excluding carboxylic acids is 1. The van der Waals surface area contributed by atoms with Crippen molar-refractivity contribution in [3.63, 3.8) is 0 Å². The average molecular weight is 270 g/mol. The monoisotopic (exact) mass is 269 g/mol. The average Bonchev–Trinajstić information content (AvgIpc) is 2.16. The Kier molecular flexibility index (Phi) is 4.04. The number of hydrogen-bond acceptors (Lipinski definition) is 3. The molecule has 0 radical (unpaired) electrons. The molecule has 0 unspecified atom stereocenters. The minimum Gasteiger partial charge on any atom is -0.461 e. The van der Waals surface area contributed by atoms with Crippen molar-refractivity contribution in [3.05, 3.63) is 28.0 Å². The van der Waals surface area contributed by atoms with Gasteiger partial charge in [0, 0.05) is 5.56 Å². The molecule has 0 amide bonds. The summed E-state index contributed by atoms with van der Waals surface area (Å²) in [5, 5.41) is -0.432. The van der Waals surface area contributed by atoms with E-state index in [1.807, 2.05) is 0 Å². The summed E-state index contributed by atoms with van der Waals surface area (Å²) in [5.74, 6) is -5.43. The first kappa shape index (κ1) is 13.1. The lowest BCUT2D eigenvalue weighted by atomic mass is 10.1. The molecule has 0 atom stereocenters. The molecule has 0 aromatic carbocycles. The highest BCUT2D eigenvalue weighted by Gasteiger charge is 2.43. The third-order valence-corrected chi connectivity index (χ3v) is 2.04. The summed E-state index contributed by atoms with van der Waals surface area (Å²) in [4.78, 5) is 14.5. The number of carbonyl (C=O) groups is 1. The number of alkyl halides is 2. The van der Waals surface area contributed by atoms with Crippen molar-refractivity contribution in [2.24, 2.45) is 0 Å². The van der Waals surface area contributed by atoms with E-state index in [2.05, 4.69) is 9.72 Å². The zero-order valence-corrected chi connectivity index (χ0v) is 9.65. The normalized spacial score (nSPS) is 11.3. The fourth-order valence-corrected chi connectivity index (χ4v) is 1.45. The maximum Gasteiger partial charge on any atom is 0.381 e. The van der Waals surface area contributed by atoms with Gasteiger partial charge in [0.1, 0.15) is 10.3 Å². The molecule has 88 valence electrons. The van der Waals surface area contributed by atoms with Gasteiger partial charge in [-0.25, -0.2) is 9.78 Å². The second-order valence-electron chi connectivity index (χ2n) is 2.80. The first-order chi connectivity index (χ1) is 7.37. The van der Waals surface area contributed by atoms with Crippen LogP contribution in [0.3, 0.4) is 0 Å². The number of halogens is 4. The highest BCUT2D eigenvalue weighted by molar-refractivity contribution is 6.32. The predicted molar refractivity (Wildman–Crippen MR) is 54.8 cm³/mol. The predicted octanol–water partition coefficient (Wildman–Crippen LogP) is 3.04. The van der Waals surface area contributed by atoms with Gasteiger partial charge in [0.2, 0.25) is 0 Å². The Morgan fingerprint density at radius 1 is 1.44 bits per heavy atom. The van der Waals surface area contributed by atoms with Crippen LogP contribution in [0.4, 0.5) is 8.78 Å². The molecule has 0 N–H and O–H groups in total. The zero-order valence-electron chi connectivity index (χ0n) is 8.14. The Hall–Kier alpha value is -0.940. The van der Waals surface area contributed by atoms with E-state index in [0.717, 1.165) is 12.1 Å². The van der Waals surface area contributed by atoms with Gasteiger partial charge in [-0.1, -0.05) is 23.2 Å². The molecule has 7 heteroatoms. The van der Waals surface area contributed by atoms with Gasteiger partial charge in [0.15, 0.2) is 0 Å². The van der Waals surface area contributed by atoms with Crippen molar-refractivity contribution in [2.45, 2.75) is 12.8 Å². The molecule has 0 fully saturated rings. The SMILES string of the molecule is CCOC(=O)C(F)(F)c1cc(Cl)nc(Cl)c1. The lowest BCUT2D eigenvalue weighted by molar-refractivity contribution is -0.173. The van der Waals surface area contributed by atoms with Crippen molar-refractivity contribution >= 4 is 29.2 Å². The summed E-state index contributed by atoms with van der Waals surface area (Å²) in [6, 6.07) is 1.73. The van der Waals surface area contributed by atoms with Crippen LogP contribution in [-0.2, 0) is 15.5 Å². The maximum absolute atomic E-state index is 13.5. The molecule has 0 aliphatic rings. The van der Waals surface area contributed by atoms with Gasteiger partial charge >= 0.3 is 11.9 Å². The Morgan fingerprint density at radius 2 is 1.94 bits per heavy atom. The fourth-order valence-electron chi connectivity index (χ4n) is 0.986. The first-order valence-electron chi connectivity index (χ1n) is 4.26. The Labute approximate surface area is 100 Å². The van der Waals surface area contributed by atoms with Crippen molar-refractivity contribution in [2.75, 3.05) is 6.61 Å². The van der Waals surface area contributed by atoms with Crippen LogP contribution in [0.25, 0.3) is 0 Å². The van der Waals surface area contributed by atoms with Crippen molar-refractivity contribution in [1.29, 1.82) is 0 Å². The number of pyridine rings is 1. The molecule has 3 nitrogen and oxygen atoms in total. The van der Waals surface area contributed by atoms with Gasteiger partial charge in [-0.15, -0.1) is 0 Å². The number of rotatable bonds is 3. The van der Waals surface area contributed by atoms with Gasteiger partial charge in [-0.2, -0.15) is 8.78 Å². The van der Waals surface area contributed by atoms with Crippen LogP contribution in [-0.4, -0.2) is 17.6 Å². The molecule has 0 spiro atoms. The van der Waals surface area contributed by atoms with Crippen LogP contribution in [0.15, 0.2) is 12.1 Å². The molecule has 0 aliphatic heterocycles. The van der Waals surface area contributed by atoms with E-state index in [4.69, 9.17) is 23.2 Å². The number of hydrogen-bond donors (Lipinski definition) is 0. The van der Waals surface area contributed by atoms with E-state index >= 15 is 0 Å². The summed E-state index contributed by atoms with van der Waals surface area (Å²) in [5.41, 5.74) is -0.643. The number of ether oxygens (including phenoxy) is 1. The molecular formula is C9H7Cl2F2NO2. The van der Waals surface area contributed by atoms with Crippen LogP contribution in [0.2, 0.25) is 10.3 Å². The minimum atomic E-state index is -3.79. The highest BCUT2D eigenvalue weighted by Crippen LogP contribution is 2.32. The molecule has 0 aliphatic carbocycles. The van der Waals surface area contributed by atoms with Crippen LogP contribution >= 0.6 is 23.2 Å². The van der Waals surface area contributed by atoms with Crippen LogP contribution in [0.5, 0.6) is 0 Å². The molecule has 0 saturated heterocycles. The van der Waals surface area contributed by atoms with Gasteiger partial charge in [0.05, 0.1) is 6.61 Å². The molecular weight excluding hydrogens is 263 g/mol. The van der Waals surface area contributed by atoms with Gasteiger partial charge in [-0.05, 0) is 19.1 Å². The topological polar surface area (TPSA) is 39.2 Å². The fraction of sp³-hybridized carbons (Fsp3) is 0.333. The number of nitrogens with zero attached hydrogens (tertiary/aromatic N) is 1.